The van der Waals surface area contributed by atoms with Crippen molar-refractivity contribution < 1.29 is 19.1 Å². The van der Waals surface area contributed by atoms with Crippen molar-refractivity contribution >= 4 is 28.7 Å². The summed E-state index contributed by atoms with van der Waals surface area (Å²) < 4.78 is 16.5. The van der Waals surface area contributed by atoms with Crippen molar-refractivity contribution in [2.24, 2.45) is 5.73 Å². The monoisotopic (exact) mass is 493 g/mol. The molecule has 5 N–H and O–H groups in total. The lowest BCUT2D eigenvalue weighted by molar-refractivity contribution is -0.127. The quantitative estimate of drug-likeness (QED) is 0.321. The Morgan fingerprint density at radius 3 is 2.86 bits per heavy atom. The number of imidazole rings is 1. The Kier molecular flexibility index (Phi) is 7.36. The molecule has 2 aromatic heterocycles. The fraction of sp³-hybridized carbons (Fsp3) is 0.360. The molecule has 5 rings (SSSR count). The van der Waals surface area contributed by atoms with Gasteiger partial charge in [-0.15, -0.1) is 0 Å². The summed E-state index contributed by atoms with van der Waals surface area (Å²) in [7, 11) is 1.62. The predicted octanol–water partition coefficient (Wildman–Crippen LogP) is 1.54. The molecular formula is C25H28FN7O3. The van der Waals surface area contributed by atoms with Gasteiger partial charge in [-0.2, -0.15) is 5.10 Å². The number of hydrogen-bond donors (Lipinski definition) is 4. The molecule has 36 heavy (non-hydrogen) atoms. The van der Waals surface area contributed by atoms with Gasteiger partial charge in [-0.3, -0.25) is 14.7 Å². The third-order valence-corrected chi connectivity index (χ3v) is 6.32. The van der Waals surface area contributed by atoms with Crippen molar-refractivity contribution in [1.29, 1.82) is 0 Å². The number of carbonyl (C=O) groups is 2. The van der Waals surface area contributed by atoms with E-state index in [0.717, 1.165) is 55.6 Å². The molecule has 0 aliphatic carbocycles. The number of H-pyrrole nitrogens is 1. The van der Waals surface area contributed by atoms with E-state index in [2.05, 4.69) is 38.9 Å². The number of nitrogens with zero attached hydrogens (tertiary/aromatic N) is 4. The normalized spacial score (nSPS) is 16.1. The zero-order valence-electron chi connectivity index (χ0n) is 20.0. The van der Waals surface area contributed by atoms with Crippen LogP contribution < -0.4 is 11.1 Å². The van der Waals surface area contributed by atoms with Crippen LogP contribution in [0.5, 0.6) is 0 Å². The van der Waals surface area contributed by atoms with Gasteiger partial charge in [0, 0.05) is 32.6 Å². The molecule has 1 saturated heterocycles. The van der Waals surface area contributed by atoms with Crippen LogP contribution in [0.25, 0.3) is 11.0 Å². The Balaban J connectivity index is 0.000000233. The number of nitrogens with one attached hydrogen (secondary N) is 2. The molecule has 0 saturated carbocycles. The van der Waals surface area contributed by atoms with Gasteiger partial charge in [0.2, 0.25) is 5.91 Å². The maximum absolute atomic E-state index is 14.4. The predicted molar refractivity (Wildman–Crippen MR) is 133 cm³/mol. The van der Waals surface area contributed by atoms with Gasteiger partial charge in [-0.1, -0.05) is 12.5 Å². The number of amides is 2. The van der Waals surface area contributed by atoms with E-state index in [4.69, 9.17) is 10.8 Å². The second kappa shape index (κ2) is 10.6. The average Bonchev–Trinajstić information content (AvgIpc) is 3.66. The third-order valence-electron chi connectivity index (χ3n) is 6.32. The van der Waals surface area contributed by atoms with Crippen LogP contribution in [0.1, 0.15) is 46.7 Å². The van der Waals surface area contributed by atoms with Gasteiger partial charge < -0.3 is 25.6 Å². The van der Waals surface area contributed by atoms with E-state index >= 15 is 0 Å². The number of primary amides is 1. The lowest BCUT2D eigenvalue weighted by Crippen LogP contribution is -2.36. The number of carbonyl (C=O) groups excluding carboxylic acids is 2. The third kappa shape index (κ3) is 4.81. The Labute approximate surface area is 207 Å². The van der Waals surface area contributed by atoms with E-state index in [1.54, 1.807) is 18.0 Å². The number of rotatable bonds is 4. The van der Waals surface area contributed by atoms with Gasteiger partial charge >= 0.3 is 0 Å². The van der Waals surface area contributed by atoms with Crippen molar-refractivity contribution in [2.75, 3.05) is 25.5 Å². The van der Waals surface area contributed by atoms with Gasteiger partial charge in [-0.05, 0) is 37.3 Å². The molecule has 0 radical (unpaired) electrons. The average molecular weight is 494 g/mol. The van der Waals surface area contributed by atoms with E-state index in [0.29, 0.717) is 5.82 Å². The standard InChI is InChI=1S/C17H15FN6O.C8H13NO2/c1-20-17-15(16(19)25)11(22-23-17)5-4-9-7-12-13(8-10(9)18)24-6-2-3-14(24)21-12;1-2-8(11)9-5-3-4-7(9)6-10/h7-8H,2-3,6H2,1H3,(H2,19,25)(H2,20,22,23);2,7,10H,1,3-6H2. The first kappa shape index (κ1) is 24.9. The molecule has 1 atom stereocenters. The van der Waals surface area contributed by atoms with E-state index < -0.39 is 11.7 Å². The number of aliphatic hydroxyl groups excluding tert-OH is 1. The number of aromatic amines is 1. The van der Waals surface area contributed by atoms with Gasteiger partial charge in [-0.25, -0.2) is 9.37 Å². The minimum atomic E-state index is -0.663. The number of aliphatic hydroxyl groups is 1. The molecule has 2 aliphatic heterocycles. The van der Waals surface area contributed by atoms with E-state index in [9.17, 15) is 14.0 Å². The zero-order valence-corrected chi connectivity index (χ0v) is 20.0. The fourth-order valence-electron chi connectivity index (χ4n) is 4.54. The Morgan fingerprint density at radius 2 is 2.17 bits per heavy atom. The second-order valence-corrected chi connectivity index (χ2v) is 8.50. The number of likely N-dealkylation sites (tertiary alicyclic amines) is 1. The molecule has 10 nitrogen and oxygen atoms in total. The van der Waals surface area contributed by atoms with Crippen LogP contribution in [0.3, 0.4) is 0 Å². The van der Waals surface area contributed by atoms with Gasteiger partial charge in [0.25, 0.3) is 5.91 Å². The van der Waals surface area contributed by atoms with Crippen LogP contribution >= 0.6 is 0 Å². The summed E-state index contributed by atoms with van der Waals surface area (Å²) in [5.41, 5.74) is 7.46. The topological polar surface area (TPSA) is 142 Å². The number of aromatic nitrogens is 4. The van der Waals surface area contributed by atoms with Crippen LogP contribution in [0.2, 0.25) is 0 Å². The number of halogens is 1. The summed E-state index contributed by atoms with van der Waals surface area (Å²) in [4.78, 5) is 28.9. The Hall–Kier alpha value is -4.17. The minimum absolute atomic E-state index is 0.0282. The van der Waals surface area contributed by atoms with Crippen molar-refractivity contribution in [3.8, 4) is 11.8 Å². The summed E-state index contributed by atoms with van der Waals surface area (Å²) in [6.45, 7) is 5.09. The molecule has 4 heterocycles. The highest BCUT2D eigenvalue weighted by molar-refractivity contribution is 5.99. The summed E-state index contributed by atoms with van der Waals surface area (Å²) in [6, 6.07) is 3.12. The molecule has 0 spiro atoms. The van der Waals surface area contributed by atoms with Crippen molar-refractivity contribution in [2.45, 2.75) is 38.3 Å². The first-order valence-corrected chi connectivity index (χ1v) is 11.7. The summed E-state index contributed by atoms with van der Waals surface area (Å²) >= 11 is 0. The minimum Gasteiger partial charge on any atom is -0.394 e. The molecule has 188 valence electrons. The van der Waals surface area contributed by atoms with Gasteiger partial charge in [0.05, 0.1) is 29.2 Å². The van der Waals surface area contributed by atoms with E-state index in [1.165, 1.54) is 12.1 Å². The first-order valence-electron chi connectivity index (χ1n) is 11.7. The highest BCUT2D eigenvalue weighted by atomic mass is 19.1. The first-order chi connectivity index (χ1) is 17.4. The molecule has 11 heteroatoms. The van der Waals surface area contributed by atoms with Crippen LogP contribution in [-0.2, 0) is 17.8 Å². The zero-order chi connectivity index (χ0) is 25.8. The molecule has 2 amide bonds. The number of aryl methyl sites for hydroxylation is 2. The van der Waals surface area contributed by atoms with Gasteiger partial charge in [0.1, 0.15) is 22.9 Å². The molecule has 0 bridgehead atoms. The van der Waals surface area contributed by atoms with Crippen molar-refractivity contribution in [3.63, 3.8) is 0 Å². The summed E-state index contributed by atoms with van der Waals surface area (Å²) in [5.74, 6) is 5.60. The van der Waals surface area contributed by atoms with Crippen LogP contribution in [0.4, 0.5) is 10.2 Å². The number of benzene rings is 1. The highest BCUT2D eigenvalue weighted by Crippen LogP contribution is 2.25. The lowest BCUT2D eigenvalue weighted by atomic mass is 10.1. The van der Waals surface area contributed by atoms with Crippen LogP contribution in [-0.4, -0.2) is 67.8 Å². The second-order valence-electron chi connectivity index (χ2n) is 8.50. The molecule has 3 aromatic rings. The molecule has 2 aliphatic rings. The maximum Gasteiger partial charge on any atom is 0.255 e. The molecule has 1 unspecified atom stereocenters. The summed E-state index contributed by atoms with van der Waals surface area (Å²) in [6.07, 6.45) is 5.14. The van der Waals surface area contributed by atoms with E-state index in [1.807, 2.05) is 4.57 Å². The van der Waals surface area contributed by atoms with Crippen molar-refractivity contribution in [1.82, 2.24) is 24.6 Å². The maximum atomic E-state index is 14.4. The summed E-state index contributed by atoms with van der Waals surface area (Å²) in [5, 5.41) is 18.2. The fourth-order valence-corrected chi connectivity index (χ4v) is 4.54. The van der Waals surface area contributed by atoms with E-state index in [-0.39, 0.29) is 35.4 Å². The lowest BCUT2D eigenvalue weighted by Gasteiger charge is -2.20. The molecule has 1 aromatic carbocycles. The van der Waals surface area contributed by atoms with Crippen LogP contribution in [0.15, 0.2) is 24.8 Å². The number of anilines is 1. The molecular weight excluding hydrogens is 465 g/mol. The Morgan fingerprint density at radius 1 is 1.36 bits per heavy atom. The van der Waals surface area contributed by atoms with Crippen molar-refractivity contribution in [3.05, 3.63) is 53.3 Å². The Bertz CT molecular complexity index is 1380. The smallest absolute Gasteiger partial charge is 0.255 e. The largest absolute Gasteiger partial charge is 0.394 e. The number of hydrogen-bond acceptors (Lipinski definition) is 6. The van der Waals surface area contributed by atoms with Crippen LogP contribution in [0, 0.1) is 17.7 Å². The number of nitrogens with two attached hydrogens (primary N) is 1. The van der Waals surface area contributed by atoms with Gasteiger partial charge in [0.15, 0.2) is 5.82 Å². The number of fused-ring (bicyclic) bond motifs is 3. The highest BCUT2D eigenvalue weighted by Gasteiger charge is 2.26. The SMILES string of the molecule is C=CC(=O)N1CCCC1CO.CNc1n[nH]c(C#Cc2cc3nc4n(c3cc2F)CCC4)c1C(N)=O. The molecule has 1 fully saturated rings.